The van der Waals surface area contributed by atoms with Crippen LogP contribution in [-0.2, 0) is 0 Å². The summed E-state index contributed by atoms with van der Waals surface area (Å²) in [5.74, 6) is 1.98. The van der Waals surface area contributed by atoms with E-state index in [1.807, 2.05) is 39.0 Å². The molecular formula is C20H26N2O4. The molecule has 0 radical (unpaired) electrons. The summed E-state index contributed by atoms with van der Waals surface area (Å²) >= 11 is 0. The Balaban J connectivity index is 2.11. The first-order valence-electron chi connectivity index (χ1n) is 8.50. The van der Waals surface area contributed by atoms with Crippen LogP contribution in [-0.4, -0.2) is 26.9 Å². The molecule has 6 nitrogen and oxygen atoms in total. The summed E-state index contributed by atoms with van der Waals surface area (Å²) in [5, 5.41) is 5.74. The molecule has 2 aromatic rings. The molecule has 1 atom stereocenters. The first-order chi connectivity index (χ1) is 12.5. The standard InChI is InChI=1S/C20H26N2O4/c1-6-26-19-8-7-13(2)9-18(19)14(3)21-20(23)22-15-10-16(24-4)12-17(11-15)25-5/h7-12,14H,6H2,1-5H3,(H2,21,22,23). The largest absolute Gasteiger partial charge is 0.497 e. The maximum Gasteiger partial charge on any atom is 0.319 e. The fourth-order valence-electron chi connectivity index (χ4n) is 2.61. The number of anilines is 1. The highest BCUT2D eigenvalue weighted by molar-refractivity contribution is 5.90. The van der Waals surface area contributed by atoms with Crippen LogP contribution < -0.4 is 24.8 Å². The van der Waals surface area contributed by atoms with E-state index in [0.717, 1.165) is 16.9 Å². The number of nitrogens with one attached hydrogen (secondary N) is 2. The zero-order valence-electron chi connectivity index (χ0n) is 15.9. The van der Waals surface area contributed by atoms with Gasteiger partial charge in [0.25, 0.3) is 0 Å². The van der Waals surface area contributed by atoms with Gasteiger partial charge in [-0.3, -0.25) is 0 Å². The SMILES string of the molecule is CCOc1ccc(C)cc1C(C)NC(=O)Nc1cc(OC)cc(OC)c1. The van der Waals surface area contributed by atoms with Crippen LogP contribution in [0.5, 0.6) is 17.2 Å². The third-order valence-corrected chi connectivity index (χ3v) is 3.89. The van der Waals surface area contributed by atoms with Gasteiger partial charge >= 0.3 is 6.03 Å². The van der Waals surface area contributed by atoms with E-state index in [-0.39, 0.29) is 12.1 Å². The van der Waals surface area contributed by atoms with Crippen LogP contribution in [0.25, 0.3) is 0 Å². The Kier molecular flexibility index (Phi) is 6.72. The molecule has 26 heavy (non-hydrogen) atoms. The monoisotopic (exact) mass is 358 g/mol. The summed E-state index contributed by atoms with van der Waals surface area (Å²) in [6.07, 6.45) is 0. The second-order valence-electron chi connectivity index (χ2n) is 5.90. The number of ether oxygens (including phenoxy) is 3. The Labute approximate surface area is 154 Å². The van der Waals surface area contributed by atoms with Crippen molar-refractivity contribution < 1.29 is 19.0 Å². The van der Waals surface area contributed by atoms with Crippen molar-refractivity contribution in [1.29, 1.82) is 0 Å². The van der Waals surface area contributed by atoms with E-state index in [0.29, 0.717) is 23.8 Å². The van der Waals surface area contributed by atoms with Gasteiger partial charge in [0.05, 0.1) is 26.9 Å². The van der Waals surface area contributed by atoms with E-state index >= 15 is 0 Å². The van der Waals surface area contributed by atoms with E-state index in [4.69, 9.17) is 14.2 Å². The first-order valence-corrected chi connectivity index (χ1v) is 8.50. The normalized spacial score (nSPS) is 11.4. The summed E-state index contributed by atoms with van der Waals surface area (Å²) < 4.78 is 16.1. The summed E-state index contributed by atoms with van der Waals surface area (Å²) in [6, 6.07) is 10.6. The summed E-state index contributed by atoms with van der Waals surface area (Å²) in [4.78, 5) is 12.4. The van der Waals surface area contributed by atoms with Crippen molar-refractivity contribution in [3.63, 3.8) is 0 Å². The molecule has 6 heteroatoms. The molecule has 0 aliphatic heterocycles. The molecule has 0 fully saturated rings. The molecule has 2 amide bonds. The number of benzene rings is 2. The Hall–Kier alpha value is -2.89. The van der Waals surface area contributed by atoms with Crippen LogP contribution >= 0.6 is 0 Å². The van der Waals surface area contributed by atoms with Gasteiger partial charge in [-0.2, -0.15) is 0 Å². The van der Waals surface area contributed by atoms with Crippen molar-refractivity contribution in [2.45, 2.75) is 26.8 Å². The van der Waals surface area contributed by atoms with Crippen LogP contribution in [0.15, 0.2) is 36.4 Å². The molecule has 140 valence electrons. The Morgan fingerprint density at radius 1 is 1.08 bits per heavy atom. The Morgan fingerprint density at radius 2 is 1.73 bits per heavy atom. The third kappa shape index (κ3) is 5.05. The molecule has 0 heterocycles. The van der Waals surface area contributed by atoms with Gasteiger partial charge in [0.1, 0.15) is 17.2 Å². The van der Waals surface area contributed by atoms with Gasteiger partial charge in [-0.15, -0.1) is 0 Å². The lowest BCUT2D eigenvalue weighted by molar-refractivity contribution is 0.249. The number of carbonyl (C=O) groups excluding carboxylic acids is 1. The molecule has 2 aromatic carbocycles. The van der Waals surface area contributed by atoms with Gasteiger partial charge < -0.3 is 24.8 Å². The van der Waals surface area contributed by atoms with E-state index in [1.165, 1.54) is 0 Å². The number of methoxy groups -OCH3 is 2. The zero-order chi connectivity index (χ0) is 19.1. The molecular weight excluding hydrogens is 332 g/mol. The average Bonchev–Trinajstić information content (AvgIpc) is 2.62. The van der Waals surface area contributed by atoms with E-state index in [9.17, 15) is 4.79 Å². The predicted molar refractivity (Wildman–Crippen MR) is 102 cm³/mol. The second kappa shape index (κ2) is 8.99. The van der Waals surface area contributed by atoms with Crippen molar-refractivity contribution in [3.05, 3.63) is 47.5 Å². The molecule has 0 bridgehead atoms. The molecule has 0 aromatic heterocycles. The van der Waals surface area contributed by atoms with Gasteiger partial charge in [0.15, 0.2) is 0 Å². The number of aryl methyl sites for hydroxylation is 1. The fourth-order valence-corrected chi connectivity index (χ4v) is 2.61. The predicted octanol–water partition coefficient (Wildman–Crippen LogP) is 4.29. The minimum absolute atomic E-state index is 0.219. The smallest absolute Gasteiger partial charge is 0.319 e. The Morgan fingerprint density at radius 3 is 2.31 bits per heavy atom. The highest BCUT2D eigenvalue weighted by Gasteiger charge is 2.15. The number of hydrogen-bond acceptors (Lipinski definition) is 4. The lowest BCUT2D eigenvalue weighted by atomic mass is 10.0. The molecule has 0 spiro atoms. The van der Waals surface area contributed by atoms with Gasteiger partial charge in [-0.25, -0.2) is 4.79 Å². The van der Waals surface area contributed by atoms with Gasteiger partial charge in [0, 0.05) is 29.4 Å². The molecule has 2 N–H and O–H groups in total. The quantitative estimate of drug-likeness (QED) is 0.774. The molecule has 0 saturated carbocycles. The fraction of sp³-hybridized carbons (Fsp3) is 0.350. The van der Waals surface area contributed by atoms with Crippen molar-refractivity contribution in [2.24, 2.45) is 0 Å². The summed E-state index contributed by atoms with van der Waals surface area (Å²) in [7, 11) is 3.13. The average molecular weight is 358 g/mol. The zero-order valence-corrected chi connectivity index (χ0v) is 15.9. The van der Waals surface area contributed by atoms with Crippen LogP contribution in [0, 0.1) is 6.92 Å². The molecule has 1 unspecified atom stereocenters. The van der Waals surface area contributed by atoms with E-state index in [2.05, 4.69) is 10.6 Å². The van der Waals surface area contributed by atoms with E-state index < -0.39 is 0 Å². The number of carbonyl (C=O) groups is 1. The number of hydrogen-bond donors (Lipinski definition) is 2. The van der Waals surface area contributed by atoms with Crippen LogP contribution in [0.4, 0.5) is 10.5 Å². The van der Waals surface area contributed by atoms with Crippen molar-refractivity contribution >= 4 is 11.7 Å². The maximum atomic E-state index is 12.4. The molecule has 0 saturated heterocycles. The van der Waals surface area contributed by atoms with Crippen LogP contribution in [0.3, 0.4) is 0 Å². The molecule has 0 aliphatic rings. The highest BCUT2D eigenvalue weighted by atomic mass is 16.5. The lowest BCUT2D eigenvalue weighted by Crippen LogP contribution is -2.31. The summed E-state index contributed by atoms with van der Waals surface area (Å²) in [6.45, 7) is 6.43. The number of amides is 2. The first kappa shape index (κ1) is 19.4. The maximum absolute atomic E-state index is 12.4. The Bertz CT molecular complexity index is 739. The van der Waals surface area contributed by atoms with Gasteiger partial charge in [-0.05, 0) is 26.8 Å². The van der Waals surface area contributed by atoms with Crippen molar-refractivity contribution in [1.82, 2.24) is 5.32 Å². The number of urea groups is 1. The van der Waals surface area contributed by atoms with Crippen molar-refractivity contribution in [3.8, 4) is 17.2 Å². The van der Waals surface area contributed by atoms with Gasteiger partial charge in [-0.1, -0.05) is 17.7 Å². The molecule has 0 aliphatic carbocycles. The molecule has 2 rings (SSSR count). The second-order valence-corrected chi connectivity index (χ2v) is 5.90. The number of rotatable bonds is 7. The lowest BCUT2D eigenvalue weighted by Gasteiger charge is -2.19. The topological polar surface area (TPSA) is 68.8 Å². The van der Waals surface area contributed by atoms with Gasteiger partial charge in [0.2, 0.25) is 0 Å². The van der Waals surface area contributed by atoms with Crippen LogP contribution in [0.2, 0.25) is 0 Å². The highest BCUT2D eigenvalue weighted by Crippen LogP contribution is 2.28. The third-order valence-electron chi connectivity index (χ3n) is 3.89. The van der Waals surface area contributed by atoms with Crippen LogP contribution in [0.1, 0.15) is 31.0 Å². The summed E-state index contributed by atoms with van der Waals surface area (Å²) in [5.41, 5.74) is 2.63. The van der Waals surface area contributed by atoms with E-state index in [1.54, 1.807) is 32.4 Å². The van der Waals surface area contributed by atoms with Crippen molar-refractivity contribution in [2.75, 3.05) is 26.1 Å². The minimum atomic E-state index is -0.322. The minimum Gasteiger partial charge on any atom is -0.497 e.